The van der Waals surface area contributed by atoms with Gasteiger partial charge in [0.2, 0.25) is 0 Å². The Morgan fingerprint density at radius 3 is 2.75 bits per heavy atom. The highest BCUT2D eigenvalue weighted by atomic mass is 79.9. The van der Waals surface area contributed by atoms with E-state index in [4.69, 9.17) is 28.6 Å². The monoisotopic (exact) mass is 368 g/mol. The summed E-state index contributed by atoms with van der Waals surface area (Å²) in [6.07, 6.45) is 0. The van der Waals surface area contributed by atoms with Gasteiger partial charge in [-0.3, -0.25) is 4.57 Å². The second kappa shape index (κ2) is 5.24. The standard InChI is InChI=1S/C14H10BrClN2OS/c1-19-9-3-4-11-13(7-9)18(14(20)17-11)12-5-2-8(15)6-10(12)16/h2-7H,1H3,(H,17,20). The summed E-state index contributed by atoms with van der Waals surface area (Å²) in [7, 11) is 1.64. The number of H-pyrrole nitrogens is 1. The number of halogens is 2. The van der Waals surface area contributed by atoms with Crippen molar-refractivity contribution in [3.05, 3.63) is 50.7 Å². The van der Waals surface area contributed by atoms with Crippen LogP contribution in [-0.4, -0.2) is 16.7 Å². The Hall–Kier alpha value is -1.30. The predicted molar refractivity (Wildman–Crippen MR) is 87.7 cm³/mol. The van der Waals surface area contributed by atoms with Gasteiger partial charge in [-0.2, -0.15) is 0 Å². The lowest BCUT2D eigenvalue weighted by molar-refractivity contribution is 0.415. The van der Waals surface area contributed by atoms with Gasteiger partial charge in [0.05, 0.1) is 28.9 Å². The third-order valence-electron chi connectivity index (χ3n) is 3.04. The first-order valence-corrected chi connectivity index (χ1v) is 7.42. The zero-order valence-electron chi connectivity index (χ0n) is 10.5. The first kappa shape index (κ1) is 13.7. The van der Waals surface area contributed by atoms with E-state index in [-0.39, 0.29) is 0 Å². The maximum atomic E-state index is 6.32. The third-order valence-corrected chi connectivity index (χ3v) is 4.12. The van der Waals surface area contributed by atoms with Crippen LogP contribution in [0.1, 0.15) is 0 Å². The van der Waals surface area contributed by atoms with Crippen LogP contribution in [0, 0.1) is 4.77 Å². The molecule has 0 amide bonds. The number of fused-ring (bicyclic) bond motifs is 1. The predicted octanol–water partition coefficient (Wildman–Crippen LogP) is 5.11. The Kier molecular flexibility index (Phi) is 3.58. The number of hydrogen-bond donors (Lipinski definition) is 1. The minimum atomic E-state index is 0.595. The highest BCUT2D eigenvalue weighted by molar-refractivity contribution is 9.10. The van der Waals surface area contributed by atoms with Gasteiger partial charge in [0.25, 0.3) is 0 Å². The number of aromatic amines is 1. The van der Waals surface area contributed by atoms with Gasteiger partial charge in [-0.05, 0) is 42.5 Å². The molecule has 0 unspecified atom stereocenters. The van der Waals surface area contributed by atoms with Crippen molar-refractivity contribution in [1.82, 2.24) is 9.55 Å². The molecule has 0 saturated heterocycles. The number of methoxy groups -OCH3 is 1. The first-order valence-electron chi connectivity index (χ1n) is 5.84. The number of rotatable bonds is 2. The number of nitrogens with one attached hydrogen (secondary N) is 1. The minimum absolute atomic E-state index is 0.595. The van der Waals surface area contributed by atoms with E-state index in [1.165, 1.54) is 0 Å². The molecule has 1 N–H and O–H groups in total. The van der Waals surface area contributed by atoms with Crippen LogP contribution in [0.3, 0.4) is 0 Å². The quantitative estimate of drug-likeness (QED) is 0.636. The molecule has 6 heteroatoms. The van der Waals surface area contributed by atoms with Gasteiger partial charge in [0.15, 0.2) is 4.77 Å². The number of hydrogen-bond acceptors (Lipinski definition) is 2. The Morgan fingerprint density at radius 1 is 1.25 bits per heavy atom. The van der Waals surface area contributed by atoms with Crippen molar-refractivity contribution in [2.45, 2.75) is 0 Å². The fourth-order valence-electron chi connectivity index (χ4n) is 2.11. The lowest BCUT2D eigenvalue weighted by atomic mass is 10.2. The fraction of sp³-hybridized carbons (Fsp3) is 0.0714. The van der Waals surface area contributed by atoms with Gasteiger partial charge < -0.3 is 9.72 Å². The smallest absolute Gasteiger partial charge is 0.182 e. The Morgan fingerprint density at radius 2 is 2.05 bits per heavy atom. The molecule has 0 radical (unpaired) electrons. The molecule has 0 aliphatic rings. The largest absolute Gasteiger partial charge is 0.497 e. The molecule has 0 spiro atoms. The minimum Gasteiger partial charge on any atom is -0.497 e. The average molecular weight is 370 g/mol. The van der Waals surface area contributed by atoms with Gasteiger partial charge in [-0.25, -0.2) is 0 Å². The number of benzene rings is 2. The van der Waals surface area contributed by atoms with Crippen LogP contribution < -0.4 is 4.74 Å². The zero-order valence-corrected chi connectivity index (χ0v) is 13.6. The number of nitrogens with zero attached hydrogens (tertiary/aromatic N) is 1. The van der Waals surface area contributed by atoms with Crippen LogP contribution in [0.15, 0.2) is 40.9 Å². The van der Waals surface area contributed by atoms with Crippen molar-refractivity contribution in [2.24, 2.45) is 0 Å². The molecule has 0 aliphatic carbocycles. The van der Waals surface area contributed by atoms with E-state index in [0.717, 1.165) is 26.9 Å². The molecule has 3 nitrogen and oxygen atoms in total. The van der Waals surface area contributed by atoms with Crippen LogP contribution in [0.5, 0.6) is 5.75 Å². The second-order valence-corrected chi connectivity index (χ2v) is 5.95. The van der Waals surface area contributed by atoms with Crippen LogP contribution in [-0.2, 0) is 0 Å². The van der Waals surface area contributed by atoms with E-state index in [1.54, 1.807) is 7.11 Å². The third kappa shape index (κ3) is 2.26. The molecule has 3 rings (SSSR count). The highest BCUT2D eigenvalue weighted by Gasteiger charge is 2.11. The molecule has 0 fully saturated rings. The number of aromatic nitrogens is 2. The average Bonchev–Trinajstić information content (AvgIpc) is 2.74. The van der Waals surface area contributed by atoms with Gasteiger partial charge in [-0.1, -0.05) is 27.5 Å². The van der Waals surface area contributed by atoms with Crippen LogP contribution >= 0.6 is 39.7 Å². The summed E-state index contributed by atoms with van der Waals surface area (Å²) in [5.74, 6) is 0.772. The molecule has 1 heterocycles. The lowest BCUT2D eigenvalue weighted by Gasteiger charge is -2.08. The molecule has 20 heavy (non-hydrogen) atoms. The van der Waals surface area contributed by atoms with Crippen molar-refractivity contribution >= 4 is 50.8 Å². The van der Waals surface area contributed by atoms with Gasteiger partial charge in [0, 0.05) is 10.5 Å². The van der Waals surface area contributed by atoms with Crippen LogP contribution in [0.25, 0.3) is 16.7 Å². The van der Waals surface area contributed by atoms with Crippen molar-refractivity contribution in [3.63, 3.8) is 0 Å². The van der Waals surface area contributed by atoms with Gasteiger partial charge in [0.1, 0.15) is 5.75 Å². The molecule has 0 aliphatic heterocycles. The highest BCUT2D eigenvalue weighted by Crippen LogP contribution is 2.29. The molecule has 102 valence electrons. The molecule has 0 saturated carbocycles. The molecule has 0 atom stereocenters. The zero-order chi connectivity index (χ0) is 14.3. The maximum Gasteiger partial charge on any atom is 0.182 e. The van der Waals surface area contributed by atoms with Gasteiger partial charge >= 0.3 is 0 Å². The van der Waals surface area contributed by atoms with E-state index < -0.39 is 0 Å². The first-order chi connectivity index (χ1) is 9.60. The van der Waals surface area contributed by atoms with Crippen molar-refractivity contribution in [2.75, 3.05) is 7.11 Å². The SMILES string of the molecule is COc1ccc2[nH]c(=S)n(-c3ccc(Br)cc3Cl)c2c1. The normalized spacial score (nSPS) is 10.9. The van der Waals surface area contributed by atoms with Crippen LogP contribution in [0.4, 0.5) is 0 Å². The molecule has 0 bridgehead atoms. The summed E-state index contributed by atoms with van der Waals surface area (Å²) >= 11 is 15.1. The summed E-state index contributed by atoms with van der Waals surface area (Å²) in [6.45, 7) is 0. The van der Waals surface area contributed by atoms with Gasteiger partial charge in [-0.15, -0.1) is 0 Å². The topological polar surface area (TPSA) is 29.9 Å². The summed E-state index contributed by atoms with van der Waals surface area (Å²) in [4.78, 5) is 3.17. The van der Waals surface area contributed by atoms with E-state index in [9.17, 15) is 0 Å². The van der Waals surface area contributed by atoms with Crippen molar-refractivity contribution in [3.8, 4) is 11.4 Å². The fourth-order valence-corrected chi connectivity index (χ4v) is 3.18. The summed E-state index contributed by atoms with van der Waals surface area (Å²) < 4.78 is 8.70. The maximum absolute atomic E-state index is 6.32. The van der Waals surface area contributed by atoms with Crippen molar-refractivity contribution in [1.29, 1.82) is 0 Å². The van der Waals surface area contributed by atoms with E-state index in [2.05, 4.69) is 20.9 Å². The summed E-state index contributed by atoms with van der Waals surface area (Å²) in [5, 5.41) is 0.624. The summed E-state index contributed by atoms with van der Waals surface area (Å²) in [5.41, 5.74) is 2.70. The Balaban J connectivity index is 2.34. The lowest BCUT2D eigenvalue weighted by Crippen LogP contribution is -1.95. The number of ether oxygens (including phenoxy) is 1. The van der Waals surface area contributed by atoms with E-state index >= 15 is 0 Å². The molecular formula is C14H10BrClN2OS. The molecular weight excluding hydrogens is 360 g/mol. The van der Waals surface area contributed by atoms with Crippen LogP contribution in [0.2, 0.25) is 5.02 Å². The Labute approximate surface area is 134 Å². The second-order valence-electron chi connectivity index (χ2n) is 4.24. The molecule has 1 aromatic heterocycles. The summed E-state index contributed by atoms with van der Waals surface area (Å²) in [6, 6.07) is 11.5. The van der Waals surface area contributed by atoms with Crippen molar-refractivity contribution < 1.29 is 4.74 Å². The van der Waals surface area contributed by atoms with E-state index in [0.29, 0.717) is 9.79 Å². The van der Waals surface area contributed by atoms with E-state index in [1.807, 2.05) is 41.0 Å². The molecule has 2 aromatic carbocycles. The number of imidazole rings is 1. The molecule has 3 aromatic rings. The Bertz CT molecular complexity index is 856.